The van der Waals surface area contributed by atoms with Crippen LogP contribution in [0.4, 0.5) is 0 Å². The van der Waals surface area contributed by atoms with Crippen LogP contribution in [-0.2, 0) is 9.63 Å². The van der Waals surface area contributed by atoms with Crippen molar-refractivity contribution < 1.29 is 9.63 Å². The Hall–Kier alpha value is -0.900. The van der Waals surface area contributed by atoms with Gasteiger partial charge in [-0.2, -0.15) is 10.7 Å². The summed E-state index contributed by atoms with van der Waals surface area (Å²) < 4.78 is 0. The zero-order valence-corrected chi connectivity index (χ0v) is 3.55. The molecule has 0 atom stereocenters. The van der Waals surface area contributed by atoms with Gasteiger partial charge < -0.3 is 0 Å². The Bertz CT molecular complexity index is 110. The van der Waals surface area contributed by atoms with Crippen LogP contribution in [0.2, 0.25) is 0 Å². The van der Waals surface area contributed by atoms with Gasteiger partial charge in [0.05, 0.1) is 6.21 Å². The lowest BCUT2D eigenvalue weighted by molar-refractivity contribution is -0.121. The first kappa shape index (κ1) is 4.26. The smallest absolute Gasteiger partial charge is 0.204 e. The van der Waals surface area contributed by atoms with Crippen LogP contribution in [0.15, 0.2) is 5.10 Å². The average molecular weight is 100 g/mol. The van der Waals surface area contributed by atoms with Crippen LogP contribution in [0.1, 0.15) is 0 Å². The maximum Gasteiger partial charge on any atom is 0.204 e. The van der Waals surface area contributed by atoms with Crippen LogP contribution in [-0.4, -0.2) is 18.6 Å². The maximum atomic E-state index is 10.1. The van der Waals surface area contributed by atoms with E-state index in [9.17, 15) is 4.79 Å². The summed E-state index contributed by atoms with van der Waals surface area (Å²) in [6, 6.07) is 0. The van der Waals surface area contributed by atoms with Crippen molar-refractivity contribution in [3.8, 4) is 0 Å². The Labute approximate surface area is 40.1 Å². The van der Waals surface area contributed by atoms with Gasteiger partial charge in [0.15, 0.2) is 0 Å². The number of Topliss-reactive ketones (excluding diaryl/α,β-unsaturated/α-hetero) is 1. The van der Waals surface area contributed by atoms with Crippen LogP contribution in [0.25, 0.3) is 0 Å². The van der Waals surface area contributed by atoms with Crippen molar-refractivity contribution in [3.05, 3.63) is 0 Å². The van der Waals surface area contributed by atoms with Crippen molar-refractivity contribution in [2.24, 2.45) is 5.10 Å². The molecule has 0 bridgehead atoms. The molecule has 7 heavy (non-hydrogen) atoms. The minimum absolute atomic E-state index is 0.0868. The molecule has 0 unspecified atom stereocenters. The van der Waals surface area contributed by atoms with Crippen LogP contribution in [0, 0.1) is 0 Å². The third-order valence-corrected chi connectivity index (χ3v) is 0.540. The van der Waals surface area contributed by atoms with E-state index in [1.165, 1.54) is 6.21 Å². The van der Waals surface area contributed by atoms with Gasteiger partial charge in [0.1, 0.15) is 6.61 Å². The number of carbonyl (C=O) groups is 1. The number of hydrazone groups is 1. The van der Waals surface area contributed by atoms with Crippen molar-refractivity contribution in [1.29, 1.82) is 0 Å². The predicted octanol–water partition coefficient (Wildman–Crippen LogP) is -0.924. The summed E-state index contributed by atoms with van der Waals surface area (Å²) in [5, 5.41) is 3.31. The van der Waals surface area contributed by atoms with Gasteiger partial charge in [-0.25, -0.2) is 0 Å². The lowest BCUT2D eigenvalue weighted by Gasteiger charge is -2.01. The van der Waals surface area contributed by atoms with E-state index < -0.39 is 0 Å². The Morgan fingerprint density at radius 3 is 3.14 bits per heavy atom. The number of rotatable bonds is 0. The zero-order valence-electron chi connectivity index (χ0n) is 3.55. The van der Waals surface area contributed by atoms with E-state index in [1.54, 1.807) is 0 Å². The van der Waals surface area contributed by atoms with Gasteiger partial charge in [0.2, 0.25) is 5.78 Å². The van der Waals surface area contributed by atoms with Crippen molar-refractivity contribution in [3.63, 3.8) is 0 Å². The number of carbonyl (C=O) groups excluding carboxylic acids is 1. The SMILES string of the molecule is O=C1C=NNOC1. The van der Waals surface area contributed by atoms with Gasteiger partial charge in [0, 0.05) is 0 Å². The fraction of sp³-hybridized carbons (Fsp3) is 0.333. The molecular weight excluding hydrogens is 96.0 g/mol. The second-order valence-corrected chi connectivity index (χ2v) is 1.10. The van der Waals surface area contributed by atoms with E-state index in [2.05, 4.69) is 15.5 Å². The van der Waals surface area contributed by atoms with Gasteiger partial charge >= 0.3 is 0 Å². The Balaban J connectivity index is 2.51. The lowest BCUT2D eigenvalue weighted by Crippen LogP contribution is -2.22. The molecule has 1 N–H and O–H groups in total. The van der Waals surface area contributed by atoms with Gasteiger partial charge in [-0.15, -0.1) is 0 Å². The minimum Gasteiger partial charge on any atom is -0.290 e. The number of nitrogens with zero attached hydrogens (tertiary/aromatic N) is 1. The average Bonchev–Trinajstić information content (AvgIpc) is 1.69. The number of hydrogen-bond donors (Lipinski definition) is 1. The fourth-order valence-electron chi connectivity index (χ4n) is 0.276. The Morgan fingerprint density at radius 1 is 2.00 bits per heavy atom. The van der Waals surface area contributed by atoms with Crippen LogP contribution in [0.5, 0.6) is 0 Å². The quantitative estimate of drug-likeness (QED) is 0.428. The molecule has 0 radical (unpaired) electrons. The Morgan fingerprint density at radius 2 is 2.86 bits per heavy atom. The van der Waals surface area contributed by atoms with Crippen molar-refractivity contribution in [2.75, 3.05) is 6.61 Å². The highest BCUT2D eigenvalue weighted by atomic mass is 16.7. The van der Waals surface area contributed by atoms with Crippen molar-refractivity contribution in [1.82, 2.24) is 5.59 Å². The molecule has 0 aliphatic carbocycles. The molecule has 1 rings (SSSR count). The number of hydrogen-bond acceptors (Lipinski definition) is 4. The summed E-state index contributed by atoms with van der Waals surface area (Å²) in [5.41, 5.74) is 2.16. The number of ketones is 1. The molecule has 0 amide bonds. The van der Waals surface area contributed by atoms with Crippen LogP contribution < -0.4 is 5.59 Å². The lowest BCUT2D eigenvalue weighted by atomic mass is 10.5. The summed E-state index contributed by atoms with van der Waals surface area (Å²) in [6.07, 6.45) is 1.18. The summed E-state index contributed by atoms with van der Waals surface area (Å²) in [5.74, 6) is -0.112. The van der Waals surface area contributed by atoms with E-state index in [1.807, 2.05) is 0 Å². The van der Waals surface area contributed by atoms with Crippen molar-refractivity contribution >= 4 is 12.0 Å². The largest absolute Gasteiger partial charge is 0.290 e. The highest BCUT2D eigenvalue weighted by Gasteiger charge is 1.99. The summed E-state index contributed by atoms with van der Waals surface area (Å²) in [4.78, 5) is 14.5. The van der Waals surface area contributed by atoms with E-state index in [-0.39, 0.29) is 12.4 Å². The highest BCUT2D eigenvalue weighted by Crippen LogP contribution is 1.75. The first-order chi connectivity index (χ1) is 3.39. The first-order valence-corrected chi connectivity index (χ1v) is 1.82. The molecule has 1 aliphatic rings. The molecule has 4 heteroatoms. The molecule has 0 aromatic rings. The van der Waals surface area contributed by atoms with E-state index in [0.29, 0.717) is 0 Å². The van der Waals surface area contributed by atoms with Gasteiger partial charge in [-0.05, 0) is 0 Å². The second kappa shape index (κ2) is 1.70. The Kier molecular flexibility index (Phi) is 1.04. The summed E-state index contributed by atoms with van der Waals surface area (Å²) in [7, 11) is 0. The van der Waals surface area contributed by atoms with E-state index >= 15 is 0 Å². The van der Waals surface area contributed by atoms with Crippen LogP contribution >= 0.6 is 0 Å². The van der Waals surface area contributed by atoms with E-state index in [0.717, 1.165) is 0 Å². The summed E-state index contributed by atoms with van der Waals surface area (Å²) in [6.45, 7) is 0.0868. The molecule has 38 valence electrons. The molecule has 0 spiro atoms. The first-order valence-electron chi connectivity index (χ1n) is 1.82. The van der Waals surface area contributed by atoms with Gasteiger partial charge in [0.25, 0.3) is 0 Å². The second-order valence-electron chi connectivity index (χ2n) is 1.10. The highest BCUT2D eigenvalue weighted by molar-refractivity contribution is 6.28. The van der Waals surface area contributed by atoms with Crippen molar-refractivity contribution in [2.45, 2.75) is 0 Å². The monoisotopic (exact) mass is 100 g/mol. The van der Waals surface area contributed by atoms with Gasteiger partial charge in [-0.1, -0.05) is 0 Å². The molecule has 0 saturated heterocycles. The predicted molar refractivity (Wildman–Crippen MR) is 22.6 cm³/mol. The molecule has 0 aromatic heterocycles. The third kappa shape index (κ3) is 0.972. The maximum absolute atomic E-state index is 10.1. The van der Waals surface area contributed by atoms with E-state index in [4.69, 9.17) is 0 Å². The van der Waals surface area contributed by atoms with Gasteiger partial charge in [-0.3, -0.25) is 9.63 Å². The zero-order chi connectivity index (χ0) is 5.11. The topological polar surface area (TPSA) is 50.7 Å². The molecule has 0 saturated carbocycles. The molecule has 1 aliphatic heterocycles. The molecule has 4 nitrogen and oxygen atoms in total. The third-order valence-electron chi connectivity index (χ3n) is 0.540. The fourth-order valence-corrected chi connectivity index (χ4v) is 0.276. The normalized spacial score (nSPS) is 19.1. The molecule has 1 heterocycles. The molecule has 0 aromatic carbocycles. The number of nitrogens with one attached hydrogen (secondary N) is 1. The molecular formula is C3H4N2O2. The minimum atomic E-state index is -0.112. The standard InChI is InChI=1S/C3H4N2O2/c6-3-1-4-5-7-2-3/h1,5H,2H2. The van der Waals surface area contributed by atoms with Crippen LogP contribution in [0.3, 0.4) is 0 Å². The molecule has 0 fully saturated rings. The summed E-state index contributed by atoms with van der Waals surface area (Å²) >= 11 is 0.